The maximum atomic E-state index is 6.30. The summed E-state index contributed by atoms with van der Waals surface area (Å²) < 4.78 is 0. The van der Waals surface area contributed by atoms with E-state index < -0.39 is 5.66 Å². The SMILES string of the molecule is Cc1nc(-c2cccc(N3C(N)=NC(N)=NC34CCCCC4)c2)cs1. The van der Waals surface area contributed by atoms with Gasteiger partial charge in [-0.05, 0) is 44.7 Å². The molecule has 1 aliphatic heterocycles. The first-order chi connectivity index (χ1) is 12.1. The van der Waals surface area contributed by atoms with Gasteiger partial charge in [-0.1, -0.05) is 18.6 Å². The van der Waals surface area contributed by atoms with Crippen LogP contribution in [0.1, 0.15) is 37.1 Å². The summed E-state index contributed by atoms with van der Waals surface area (Å²) in [5, 5.41) is 3.13. The predicted octanol–water partition coefficient (Wildman–Crippen LogP) is 3.23. The van der Waals surface area contributed by atoms with Crippen LogP contribution in [0.5, 0.6) is 0 Å². The number of aromatic nitrogens is 1. The summed E-state index contributed by atoms with van der Waals surface area (Å²) in [7, 11) is 0. The highest BCUT2D eigenvalue weighted by Gasteiger charge is 2.42. The number of benzene rings is 1. The van der Waals surface area contributed by atoms with Gasteiger partial charge in [0.25, 0.3) is 0 Å². The Bertz CT molecular complexity index is 847. The van der Waals surface area contributed by atoms with Gasteiger partial charge in [0, 0.05) is 16.6 Å². The average molecular weight is 354 g/mol. The summed E-state index contributed by atoms with van der Waals surface area (Å²) >= 11 is 1.65. The van der Waals surface area contributed by atoms with E-state index in [1.807, 2.05) is 13.0 Å². The van der Waals surface area contributed by atoms with Crippen LogP contribution >= 0.6 is 11.3 Å². The van der Waals surface area contributed by atoms with Crippen LogP contribution in [0.15, 0.2) is 39.6 Å². The molecule has 1 fully saturated rings. The number of aliphatic imine (C=N–C) groups is 2. The number of nitrogens with two attached hydrogens (primary N) is 2. The number of nitrogens with zero attached hydrogens (tertiary/aromatic N) is 4. The fourth-order valence-electron chi connectivity index (χ4n) is 3.80. The number of thiazole rings is 1. The Morgan fingerprint density at radius 3 is 2.68 bits per heavy atom. The summed E-state index contributed by atoms with van der Waals surface area (Å²) in [6.45, 7) is 2.02. The van der Waals surface area contributed by atoms with Crippen molar-refractivity contribution >= 4 is 28.9 Å². The van der Waals surface area contributed by atoms with E-state index in [1.165, 1.54) is 6.42 Å². The molecular formula is C18H22N6S. The van der Waals surface area contributed by atoms with Crippen LogP contribution in [-0.2, 0) is 0 Å². The minimum atomic E-state index is -0.412. The van der Waals surface area contributed by atoms with Crippen molar-refractivity contribution in [2.24, 2.45) is 21.5 Å². The van der Waals surface area contributed by atoms with Crippen molar-refractivity contribution in [1.29, 1.82) is 0 Å². The third-order valence-electron chi connectivity index (χ3n) is 4.87. The van der Waals surface area contributed by atoms with E-state index in [0.717, 1.165) is 47.6 Å². The first kappa shape index (κ1) is 16.1. The lowest BCUT2D eigenvalue weighted by Gasteiger charge is -2.45. The molecule has 6 nitrogen and oxygen atoms in total. The molecule has 1 aliphatic carbocycles. The molecule has 25 heavy (non-hydrogen) atoms. The summed E-state index contributed by atoms with van der Waals surface area (Å²) in [5.74, 6) is 0.697. The van der Waals surface area contributed by atoms with Gasteiger partial charge in [0.1, 0.15) is 5.66 Å². The summed E-state index contributed by atoms with van der Waals surface area (Å²) in [4.78, 5) is 15.6. The molecule has 2 aromatic rings. The molecule has 1 aromatic carbocycles. The fraction of sp³-hybridized carbons (Fsp3) is 0.389. The van der Waals surface area contributed by atoms with Crippen molar-refractivity contribution in [1.82, 2.24) is 4.98 Å². The third-order valence-corrected chi connectivity index (χ3v) is 5.64. The van der Waals surface area contributed by atoms with E-state index in [2.05, 4.69) is 38.5 Å². The Morgan fingerprint density at radius 2 is 1.96 bits per heavy atom. The lowest BCUT2D eigenvalue weighted by Crippen LogP contribution is -2.58. The van der Waals surface area contributed by atoms with E-state index in [4.69, 9.17) is 16.5 Å². The first-order valence-electron chi connectivity index (χ1n) is 8.60. The molecule has 130 valence electrons. The molecule has 0 unspecified atom stereocenters. The van der Waals surface area contributed by atoms with Crippen LogP contribution in [0.25, 0.3) is 11.3 Å². The molecule has 4 rings (SSSR count). The molecular weight excluding hydrogens is 332 g/mol. The Labute approximate surface area is 151 Å². The van der Waals surface area contributed by atoms with Gasteiger partial charge in [0.15, 0.2) is 0 Å². The van der Waals surface area contributed by atoms with Gasteiger partial charge in [0.05, 0.1) is 10.7 Å². The second kappa shape index (κ2) is 6.15. The number of rotatable bonds is 2. The van der Waals surface area contributed by atoms with Gasteiger partial charge in [-0.25, -0.2) is 9.98 Å². The van der Waals surface area contributed by atoms with Gasteiger partial charge < -0.3 is 11.5 Å². The molecule has 0 radical (unpaired) electrons. The quantitative estimate of drug-likeness (QED) is 0.866. The van der Waals surface area contributed by atoms with E-state index in [1.54, 1.807) is 11.3 Å². The summed E-state index contributed by atoms with van der Waals surface area (Å²) in [5.41, 5.74) is 14.9. The van der Waals surface area contributed by atoms with Crippen LogP contribution in [-0.4, -0.2) is 22.6 Å². The highest BCUT2D eigenvalue weighted by molar-refractivity contribution is 7.09. The van der Waals surface area contributed by atoms with Gasteiger partial charge in [-0.2, -0.15) is 4.99 Å². The van der Waals surface area contributed by atoms with Crippen LogP contribution in [0, 0.1) is 6.92 Å². The van der Waals surface area contributed by atoms with E-state index in [-0.39, 0.29) is 5.96 Å². The van der Waals surface area contributed by atoms with Gasteiger partial charge >= 0.3 is 0 Å². The molecule has 4 N–H and O–H groups in total. The lowest BCUT2D eigenvalue weighted by molar-refractivity contribution is 0.305. The number of hydrogen-bond donors (Lipinski definition) is 2. The summed E-state index contributed by atoms with van der Waals surface area (Å²) in [6, 6.07) is 8.27. The minimum Gasteiger partial charge on any atom is -0.369 e. The monoisotopic (exact) mass is 354 g/mol. The number of hydrogen-bond acceptors (Lipinski definition) is 7. The molecule has 0 amide bonds. The number of aryl methyl sites for hydroxylation is 1. The smallest absolute Gasteiger partial charge is 0.220 e. The van der Waals surface area contributed by atoms with Crippen molar-refractivity contribution < 1.29 is 0 Å². The highest BCUT2D eigenvalue weighted by Crippen LogP contribution is 2.40. The van der Waals surface area contributed by atoms with Crippen LogP contribution in [0.4, 0.5) is 5.69 Å². The Morgan fingerprint density at radius 1 is 1.16 bits per heavy atom. The molecule has 2 aliphatic rings. The van der Waals surface area contributed by atoms with Crippen LogP contribution in [0.3, 0.4) is 0 Å². The van der Waals surface area contributed by atoms with E-state index in [9.17, 15) is 0 Å². The molecule has 0 atom stereocenters. The van der Waals surface area contributed by atoms with Crippen LogP contribution in [0.2, 0.25) is 0 Å². The number of guanidine groups is 2. The third kappa shape index (κ3) is 2.89. The maximum Gasteiger partial charge on any atom is 0.220 e. The van der Waals surface area contributed by atoms with Gasteiger partial charge in [-0.15, -0.1) is 11.3 Å². The molecule has 0 saturated heterocycles. The molecule has 2 heterocycles. The van der Waals surface area contributed by atoms with Crippen molar-refractivity contribution in [2.45, 2.75) is 44.7 Å². The maximum absolute atomic E-state index is 6.30. The van der Waals surface area contributed by atoms with Crippen molar-refractivity contribution in [2.75, 3.05) is 4.90 Å². The second-order valence-corrected chi connectivity index (χ2v) is 7.68. The molecule has 7 heteroatoms. The standard InChI is InChI=1S/C18H22N6S/c1-12-21-15(11-25-12)13-6-5-7-14(10-13)24-17(20)22-16(19)23-18(24)8-3-2-4-9-18/h5-7,10-11H,2-4,8-9H2,1H3,(H4,19,20,22,23). The topological polar surface area (TPSA) is 92.9 Å². The second-order valence-electron chi connectivity index (χ2n) is 6.62. The zero-order valence-electron chi connectivity index (χ0n) is 14.3. The van der Waals surface area contributed by atoms with E-state index in [0.29, 0.717) is 5.96 Å². The first-order valence-corrected chi connectivity index (χ1v) is 9.48. The number of anilines is 1. The minimum absolute atomic E-state index is 0.280. The summed E-state index contributed by atoms with van der Waals surface area (Å²) in [6.07, 6.45) is 5.32. The van der Waals surface area contributed by atoms with E-state index >= 15 is 0 Å². The average Bonchev–Trinajstić information content (AvgIpc) is 3.01. The highest BCUT2D eigenvalue weighted by atomic mass is 32.1. The van der Waals surface area contributed by atoms with Crippen molar-refractivity contribution in [3.05, 3.63) is 34.7 Å². The Hall–Kier alpha value is -2.41. The molecule has 1 aromatic heterocycles. The zero-order valence-corrected chi connectivity index (χ0v) is 15.1. The largest absolute Gasteiger partial charge is 0.369 e. The predicted molar refractivity (Wildman–Crippen MR) is 104 cm³/mol. The lowest BCUT2D eigenvalue weighted by atomic mass is 9.87. The molecule has 1 saturated carbocycles. The molecule has 0 bridgehead atoms. The normalized spacial score (nSPS) is 19.6. The van der Waals surface area contributed by atoms with Gasteiger partial charge in [0.2, 0.25) is 11.9 Å². The van der Waals surface area contributed by atoms with Crippen molar-refractivity contribution in [3.63, 3.8) is 0 Å². The van der Waals surface area contributed by atoms with Crippen LogP contribution < -0.4 is 16.4 Å². The van der Waals surface area contributed by atoms with Gasteiger partial charge in [-0.3, -0.25) is 4.90 Å². The van der Waals surface area contributed by atoms with Crippen molar-refractivity contribution in [3.8, 4) is 11.3 Å². The fourth-order valence-corrected chi connectivity index (χ4v) is 4.42. The molecule has 1 spiro atoms. The zero-order chi connectivity index (χ0) is 17.4. The Balaban J connectivity index is 1.78. The Kier molecular flexibility index (Phi) is 3.95.